The van der Waals surface area contributed by atoms with Gasteiger partial charge < -0.3 is 0 Å². The lowest BCUT2D eigenvalue weighted by Gasteiger charge is -2.29. The molecule has 0 aromatic heterocycles. The van der Waals surface area contributed by atoms with Crippen molar-refractivity contribution in [3.8, 4) is 0 Å². The maximum absolute atomic E-state index is 11.9. The zero-order valence-electron chi connectivity index (χ0n) is 5.36. The summed E-state index contributed by atoms with van der Waals surface area (Å²) >= 11 is 0. The molecule has 0 aliphatic heterocycles. The molecule has 1 fully saturated rings. The van der Waals surface area contributed by atoms with Crippen LogP contribution in [0.4, 0.5) is 4.39 Å². The number of halogens is 1. The van der Waals surface area contributed by atoms with Crippen LogP contribution in [-0.2, 0) is 0 Å². The van der Waals surface area contributed by atoms with Gasteiger partial charge in [-0.05, 0) is 11.8 Å². The van der Waals surface area contributed by atoms with Crippen molar-refractivity contribution in [3.05, 3.63) is 0 Å². The van der Waals surface area contributed by atoms with Crippen LogP contribution in [0.5, 0.6) is 0 Å². The Labute approximate surface area is 50.1 Å². The minimum atomic E-state index is -0.120. The van der Waals surface area contributed by atoms with Gasteiger partial charge in [0, 0.05) is 0 Å². The first-order valence-corrected chi connectivity index (χ1v) is 3.40. The Balaban J connectivity index is 2.13. The van der Waals surface area contributed by atoms with Gasteiger partial charge in [0.1, 0.15) is 0 Å². The van der Waals surface area contributed by atoms with Crippen LogP contribution in [0.25, 0.3) is 0 Å². The molecule has 0 aromatic carbocycles. The summed E-state index contributed by atoms with van der Waals surface area (Å²) in [5.74, 6) is 1.06. The Morgan fingerprint density at radius 1 is 1.62 bits per heavy atom. The van der Waals surface area contributed by atoms with E-state index in [1.54, 1.807) is 0 Å². The zero-order chi connectivity index (χ0) is 5.98. The first-order valence-electron chi connectivity index (χ1n) is 3.40. The molecule has 1 rings (SSSR count). The normalized spacial score (nSPS) is 24.8. The Bertz CT molecular complexity index is 64.0. The molecule has 0 aromatic rings. The van der Waals surface area contributed by atoms with Crippen molar-refractivity contribution in [1.82, 2.24) is 0 Å². The Morgan fingerprint density at radius 3 is 2.38 bits per heavy atom. The van der Waals surface area contributed by atoms with E-state index in [0.29, 0.717) is 5.92 Å². The molecule has 0 amide bonds. The SMILES string of the molecule is CC(CF)C1CCC1. The molecule has 8 heavy (non-hydrogen) atoms. The van der Waals surface area contributed by atoms with Gasteiger partial charge in [-0.25, -0.2) is 0 Å². The number of hydrogen-bond acceptors (Lipinski definition) is 0. The average molecular weight is 116 g/mol. The van der Waals surface area contributed by atoms with Gasteiger partial charge in [-0.1, -0.05) is 26.2 Å². The quantitative estimate of drug-likeness (QED) is 0.519. The first-order chi connectivity index (χ1) is 3.84. The van der Waals surface area contributed by atoms with E-state index in [0.717, 1.165) is 5.92 Å². The molecule has 1 unspecified atom stereocenters. The number of alkyl halides is 1. The molecule has 1 saturated carbocycles. The van der Waals surface area contributed by atoms with Crippen LogP contribution in [0.1, 0.15) is 26.2 Å². The maximum Gasteiger partial charge on any atom is 0.0922 e. The van der Waals surface area contributed by atoms with Crippen molar-refractivity contribution in [1.29, 1.82) is 0 Å². The molecule has 0 bridgehead atoms. The summed E-state index contributed by atoms with van der Waals surface area (Å²) in [7, 11) is 0. The van der Waals surface area contributed by atoms with Crippen LogP contribution in [0.3, 0.4) is 0 Å². The second-order valence-corrected chi connectivity index (χ2v) is 2.82. The molecule has 48 valence electrons. The van der Waals surface area contributed by atoms with Gasteiger partial charge in [0.2, 0.25) is 0 Å². The van der Waals surface area contributed by atoms with Crippen LogP contribution in [0, 0.1) is 11.8 Å². The van der Waals surface area contributed by atoms with Crippen molar-refractivity contribution < 1.29 is 4.39 Å². The topological polar surface area (TPSA) is 0 Å². The van der Waals surface area contributed by atoms with Gasteiger partial charge in [0.15, 0.2) is 0 Å². The molecular formula is C7H13F. The maximum atomic E-state index is 11.9. The summed E-state index contributed by atoms with van der Waals surface area (Å²) in [5, 5.41) is 0. The van der Waals surface area contributed by atoms with E-state index in [9.17, 15) is 4.39 Å². The monoisotopic (exact) mass is 116 g/mol. The predicted molar refractivity (Wildman–Crippen MR) is 32.5 cm³/mol. The lowest BCUT2D eigenvalue weighted by Crippen LogP contribution is -2.20. The van der Waals surface area contributed by atoms with E-state index in [1.165, 1.54) is 19.3 Å². The van der Waals surface area contributed by atoms with E-state index < -0.39 is 0 Å². The van der Waals surface area contributed by atoms with E-state index >= 15 is 0 Å². The molecule has 1 atom stereocenters. The summed E-state index contributed by atoms with van der Waals surface area (Å²) < 4.78 is 11.9. The number of rotatable bonds is 2. The molecular weight excluding hydrogens is 103 g/mol. The van der Waals surface area contributed by atoms with Crippen LogP contribution >= 0.6 is 0 Å². The van der Waals surface area contributed by atoms with Crippen molar-refractivity contribution in [3.63, 3.8) is 0 Å². The fourth-order valence-corrected chi connectivity index (χ4v) is 1.13. The summed E-state index contributed by atoms with van der Waals surface area (Å²) in [6.45, 7) is 1.88. The minimum Gasteiger partial charge on any atom is -0.251 e. The average Bonchev–Trinajstić information content (AvgIpc) is 1.62. The Morgan fingerprint density at radius 2 is 2.25 bits per heavy atom. The summed E-state index contributed by atoms with van der Waals surface area (Å²) in [4.78, 5) is 0. The minimum absolute atomic E-state index is 0.120. The van der Waals surface area contributed by atoms with Gasteiger partial charge in [-0.15, -0.1) is 0 Å². The second kappa shape index (κ2) is 2.47. The fourth-order valence-electron chi connectivity index (χ4n) is 1.13. The third-order valence-electron chi connectivity index (χ3n) is 2.20. The van der Waals surface area contributed by atoms with Crippen molar-refractivity contribution in [2.45, 2.75) is 26.2 Å². The summed E-state index contributed by atoms with van der Waals surface area (Å²) in [6, 6.07) is 0. The van der Waals surface area contributed by atoms with Crippen LogP contribution in [0.2, 0.25) is 0 Å². The molecule has 0 radical (unpaired) electrons. The third-order valence-corrected chi connectivity index (χ3v) is 2.20. The van der Waals surface area contributed by atoms with Gasteiger partial charge in [0.05, 0.1) is 6.67 Å². The highest BCUT2D eigenvalue weighted by Gasteiger charge is 2.23. The van der Waals surface area contributed by atoms with Gasteiger partial charge in [0.25, 0.3) is 0 Å². The molecule has 0 saturated heterocycles. The number of hydrogen-bond donors (Lipinski definition) is 0. The highest BCUT2D eigenvalue weighted by Crippen LogP contribution is 2.33. The molecule has 0 nitrogen and oxygen atoms in total. The highest BCUT2D eigenvalue weighted by molar-refractivity contribution is 4.73. The molecule has 0 heterocycles. The van der Waals surface area contributed by atoms with E-state index in [1.807, 2.05) is 6.92 Å². The summed E-state index contributed by atoms with van der Waals surface area (Å²) in [6.07, 6.45) is 3.87. The zero-order valence-corrected chi connectivity index (χ0v) is 5.36. The van der Waals surface area contributed by atoms with Crippen molar-refractivity contribution >= 4 is 0 Å². The third kappa shape index (κ3) is 1.01. The standard InChI is InChI=1S/C7H13F/c1-6(5-8)7-3-2-4-7/h6-7H,2-5H2,1H3. The van der Waals surface area contributed by atoms with Gasteiger partial charge in [-0.3, -0.25) is 4.39 Å². The predicted octanol–water partition coefficient (Wildman–Crippen LogP) is 2.39. The Kier molecular flexibility index (Phi) is 1.87. The second-order valence-electron chi connectivity index (χ2n) is 2.82. The van der Waals surface area contributed by atoms with E-state index in [2.05, 4.69) is 0 Å². The Hall–Kier alpha value is -0.0700. The molecule has 1 aliphatic rings. The van der Waals surface area contributed by atoms with E-state index in [4.69, 9.17) is 0 Å². The lowest BCUT2D eigenvalue weighted by atomic mass is 9.77. The molecule has 0 N–H and O–H groups in total. The summed E-state index contributed by atoms with van der Waals surface area (Å²) in [5.41, 5.74) is 0. The largest absolute Gasteiger partial charge is 0.251 e. The molecule has 1 heteroatoms. The molecule has 1 aliphatic carbocycles. The first kappa shape index (κ1) is 6.06. The highest BCUT2D eigenvalue weighted by atomic mass is 19.1. The van der Waals surface area contributed by atoms with Crippen LogP contribution < -0.4 is 0 Å². The smallest absolute Gasteiger partial charge is 0.0922 e. The van der Waals surface area contributed by atoms with Gasteiger partial charge in [-0.2, -0.15) is 0 Å². The fraction of sp³-hybridized carbons (Fsp3) is 1.00. The van der Waals surface area contributed by atoms with Crippen molar-refractivity contribution in [2.75, 3.05) is 6.67 Å². The van der Waals surface area contributed by atoms with Crippen LogP contribution in [0.15, 0.2) is 0 Å². The van der Waals surface area contributed by atoms with Crippen LogP contribution in [-0.4, -0.2) is 6.67 Å². The molecule has 0 spiro atoms. The van der Waals surface area contributed by atoms with E-state index in [-0.39, 0.29) is 6.67 Å². The lowest BCUT2D eigenvalue weighted by molar-refractivity contribution is 0.186. The van der Waals surface area contributed by atoms with Gasteiger partial charge >= 0.3 is 0 Å². The van der Waals surface area contributed by atoms with Crippen molar-refractivity contribution in [2.24, 2.45) is 11.8 Å².